The molecule has 0 aromatic heterocycles. The summed E-state index contributed by atoms with van der Waals surface area (Å²) in [4.78, 5) is 10.4. The van der Waals surface area contributed by atoms with Crippen molar-refractivity contribution < 1.29 is 14.1 Å². The van der Waals surface area contributed by atoms with Gasteiger partial charge < -0.3 is 10.5 Å². The highest BCUT2D eigenvalue weighted by atomic mass is 19.1. The summed E-state index contributed by atoms with van der Waals surface area (Å²) >= 11 is 0. The Hall–Kier alpha value is -1.53. The van der Waals surface area contributed by atoms with Crippen LogP contribution in [-0.4, -0.2) is 18.1 Å². The molecule has 1 aliphatic heterocycles. The number of hydrogen-bond acceptors (Lipinski definition) is 4. The first kappa shape index (κ1) is 12.9. The van der Waals surface area contributed by atoms with Crippen LogP contribution in [0.5, 0.6) is 0 Å². The zero-order valence-electron chi connectivity index (χ0n) is 9.84. The van der Waals surface area contributed by atoms with E-state index in [0.717, 1.165) is 25.0 Å². The molecule has 5 nitrogen and oxygen atoms in total. The highest BCUT2D eigenvalue weighted by Gasteiger charge is 2.28. The van der Waals surface area contributed by atoms with Crippen LogP contribution in [0, 0.1) is 21.8 Å². The van der Waals surface area contributed by atoms with E-state index in [1.807, 2.05) is 0 Å². The number of rotatable bonds is 3. The Morgan fingerprint density at radius 2 is 2.11 bits per heavy atom. The van der Waals surface area contributed by atoms with E-state index in [9.17, 15) is 14.5 Å². The molecule has 2 N–H and O–H groups in total. The van der Waals surface area contributed by atoms with E-state index < -0.39 is 16.8 Å². The van der Waals surface area contributed by atoms with E-state index in [1.165, 1.54) is 6.07 Å². The predicted octanol–water partition coefficient (Wildman–Crippen LogP) is 2.16. The lowest BCUT2D eigenvalue weighted by Crippen LogP contribution is -2.28. The minimum Gasteiger partial charge on any atom is -0.381 e. The third-order valence-electron chi connectivity index (χ3n) is 3.32. The second-order valence-corrected chi connectivity index (χ2v) is 4.44. The lowest BCUT2D eigenvalue weighted by molar-refractivity contribution is -0.385. The Morgan fingerprint density at radius 1 is 1.44 bits per heavy atom. The van der Waals surface area contributed by atoms with Crippen LogP contribution in [0.1, 0.15) is 24.4 Å². The van der Waals surface area contributed by atoms with Crippen LogP contribution >= 0.6 is 0 Å². The zero-order chi connectivity index (χ0) is 13.1. The minimum atomic E-state index is -0.523. The van der Waals surface area contributed by atoms with Crippen molar-refractivity contribution in [3.8, 4) is 0 Å². The summed E-state index contributed by atoms with van der Waals surface area (Å²) in [5, 5.41) is 10.9. The standard InChI is InChI=1S/C12H15FN2O3/c13-9-1-2-11(15(16)17)10(7-9)12(14)8-3-5-18-6-4-8/h1-2,7-8,12H,3-6,14H2/t12-/m0/s1. The Morgan fingerprint density at radius 3 is 2.72 bits per heavy atom. The normalized spacial score (nSPS) is 18.6. The fourth-order valence-corrected chi connectivity index (χ4v) is 2.29. The van der Waals surface area contributed by atoms with Gasteiger partial charge in [0.05, 0.1) is 4.92 Å². The first-order chi connectivity index (χ1) is 8.59. The lowest BCUT2D eigenvalue weighted by atomic mass is 9.87. The molecule has 1 fully saturated rings. The maximum atomic E-state index is 13.2. The summed E-state index contributed by atoms with van der Waals surface area (Å²) < 4.78 is 18.5. The molecule has 0 bridgehead atoms. The quantitative estimate of drug-likeness (QED) is 0.662. The Labute approximate surface area is 104 Å². The van der Waals surface area contributed by atoms with Crippen LogP contribution in [0.2, 0.25) is 0 Å². The molecule has 0 amide bonds. The molecule has 1 saturated heterocycles. The van der Waals surface area contributed by atoms with Gasteiger partial charge in [0.1, 0.15) is 5.82 Å². The molecule has 1 aromatic rings. The van der Waals surface area contributed by atoms with Crippen molar-refractivity contribution in [1.29, 1.82) is 0 Å². The Balaban J connectivity index is 2.30. The second-order valence-electron chi connectivity index (χ2n) is 4.44. The number of ether oxygens (including phenoxy) is 1. The number of nitro benzene ring substituents is 1. The zero-order valence-corrected chi connectivity index (χ0v) is 9.84. The fourth-order valence-electron chi connectivity index (χ4n) is 2.29. The van der Waals surface area contributed by atoms with E-state index >= 15 is 0 Å². The number of nitrogens with two attached hydrogens (primary N) is 1. The van der Waals surface area contributed by atoms with Gasteiger partial charge in [0.25, 0.3) is 5.69 Å². The fraction of sp³-hybridized carbons (Fsp3) is 0.500. The topological polar surface area (TPSA) is 78.4 Å². The highest BCUT2D eigenvalue weighted by Crippen LogP contribution is 2.33. The van der Waals surface area contributed by atoms with Gasteiger partial charge in [0.2, 0.25) is 0 Å². The van der Waals surface area contributed by atoms with Crippen LogP contribution in [0.3, 0.4) is 0 Å². The third kappa shape index (κ3) is 2.65. The Kier molecular flexibility index (Phi) is 3.88. The molecule has 0 unspecified atom stereocenters. The van der Waals surface area contributed by atoms with Crippen molar-refractivity contribution in [2.75, 3.05) is 13.2 Å². The lowest BCUT2D eigenvalue weighted by Gasteiger charge is -2.27. The van der Waals surface area contributed by atoms with Crippen molar-refractivity contribution >= 4 is 5.69 Å². The molecule has 6 heteroatoms. The van der Waals surface area contributed by atoms with Gasteiger partial charge in [-0.25, -0.2) is 4.39 Å². The van der Waals surface area contributed by atoms with Crippen molar-refractivity contribution in [1.82, 2.24) is 0 Å². The van der Waals surface area contributed by atoms with Crippen LogP contribution in [0.15, 0.2) is 18.2 Å². The number of hydrogen-bond donors (Lipinski definition) is 1. The van der Waals surface area contributed by atoms with Gasteiger partial charge in [0, 0.05) is 30.9 Å². The molecule has 98 valence electrons. The van der Waals surface area contributed by atoms with Crippen molar-refractivity contribution in [2.24, 2.45) is 11.7 Å². The van der Waals surface area contributed by atoms with Crippen LogP contribution in [0.25, 0.3) is 0 Å². The molecule has 18 heavy (non-hydrogen) atoms. The number of benzene rings is 1. The van der Waals surface area contributed by atoms with E-state index in [2.05, 4.69) is 0 Å². The van der Waals surface area contributed by atoms with Gasteiger partial charge in [0.15, 0.2) is 0 Å². The van der Waals surface area contributed by atoms with Gasteiger partial charge >= 0.3 is 0 Å². The molecular formula is C12H15FN2O3. The van der Waals surface area contributed by atoms with E-state index in [0.29, 0.717) is 13.2 Å². The largest absolute Gasteiger partial charge is 0.381 e. The summed E-state index contributed by atoms with van der Waals surface area (Å²) in [6, 6.07) is 2.89. The average molecular weight is 254 g/mol. The molecule has 1 atom stereocenters. The van der Waals surface area contributed by atoms with E-state index in [1.54, 1.807) is 0 Å². The Bertz CT molecular complexity index is 447. The summed E-state index contributed by atoms with van der Waals surface area (Å²) in [5.41, 5.74) is 6.21. The van der Waals surface area contributed by atoms with Crippen LogP contribution in [-0.2, 0) is 4.74 Å². The molecule has 0 aliphatic carbocycles. The predicted molar refractivity (Wildman–Crippen MR) is 63.5 cm³/mol. The SMILES string of the molecule is N[C@H](c1cc(F)ccc1[N+](=O)[O-])C1CCOCC1. The summed E-state index contributed by atoms with van der Waals surface area (Å²) in [6.07, 6.45) is 1.49. The molecule has 0 radical (unpaired) electrons. The van der Waals surface area contributed by atoms with Crippen LogP contribution < -0.4 is 5.73 Å². The molecule has 2 rings (SSSR count). The van der Waals surface area contributed by atoms with Gasteiger partial charge in [-0.1, -0.05) is 0 Å². The number of nitro groups is 1. The molecule has 1 heterocycles. The number of halogens is 1. The van der Waals surface area contributed by atoms with Crippen molar-refractivity contribution in [3.63, 3.8) is 0 Å². The minimum absolute atomic E-state index is 0.0965. The van der Waals surface area contributed by atoms with Crippen molar-refractivity contribution in [2.45, 2.75) is 18.9 Å². The monoisotopic (exact) mass is 254 g/mol. The van der Waals surface area contributed by atoms with E-state index in [-0.39, 0.29) is 17.2 Å². The number of nitrogens with zero attached hydrogens (tertiary/aromatic N) is 1. The van der Waals surface area contributed by atoms with Gasteiger partial charge in [-0.05, 0) is 30.9 Å². The van der Waals surface area contributed by atoms with Gasteiger partial charge in [-0.2, -0.15) is 0 Å². The van der Waals surface area contributed by atoms with Crippen molar-refractivity contribution in [3.05, 3.63) is 39.7 Å². The second kappa shape index (κ2) is 5.41. The maximum absolute atomic E-state index is 13.2. The molecule has 1 aromatic carbocycles. The molecule has 1 aliphatic rings. The van der Waals surface area contributed by atoms with Gasteiger partial charge in [-0.3, -0.25) is 10.1 Å². The maximum Gasteiger partial charge on any atom is 0.274 e. The summed E-state index contributed by atoms with van der Waals surface area (Å²) in [5.74, 6) is -0.405. The summed E-state index contributed by atoms with van der Waals surface area (Å²) in [6.45, 7) is 1.20. The molecule has 0 spiro atoms. The first-order valence-corrected chi connectivity index (χ1v) is 5.86. The van der Waals surface area contributed by atoms with Crippen LogP contribution in [0.4, 0.5) is 10.1 Å². The highest BCUT2D eigenvalue weighted by molar-refractivity contribution is 5.42. The average Bonchev–Trinajstić information content (AvgIpc) is 2.38. The smallest absolute Gasteiger partial charge is 0.274 e. The van der Waals surface area contributed by atoms with Gasteiger partial charge in [-0.15, -0.1) is 0 Å². The summed E-state index contributed by atoms with van der Waals surface area (Å²) in [7, 11) is 0. The molecule has 0 saturated carbocycles. The molecular weight excluding hydrogens is 239 g/mol. The van der Waals surface area contributed by atoms with E-state index in [4.69, 9.17) is 10.5 Å². The third-order valence-corrected chi connectivity index (χ3v) is 3.32. The first-order valence-electron chi connectivity index (χ1n) is 5.86.